The predicted molar refractivity (Wildman–Crippen MR) is 84.5 cm³/mol. The number of hydrogen-bond donors (Lipinski definition) is 0. The van der Waals surface area contributed by atoms with Crippen molar-refractivity contribution in [2.24, 2.45) is 0 Å². The van der Waals surface area contributed by atoms with E-state index in [2.05, 4.69) is 9.97 Å². The Balaban J connectivity index is 1.75. The van der Waals surface area contributed by atoms with Crippen molar-refractivity contribution in [1.29, 1.82) is 0 Å². The van der Waals surface area contributed by atoms with Crippen molar-refractivity contribution in [2.75, 3.05) is 0 Å². The van der Waals surface area contributed by atoms with Gasteiger partial charge in [-0.05, 0) is 42.5 Å². The molecule has 3 heterocycles. The SMILES string of the molecule is Fc1cc(-c2ccc(-c3ccccn3)o2)cc(-n2ccnc2)c1. The van der Waals surface area contributed by atoms with Crippen molar-refractivity contribution in [3.05, 3.63) is 79.3 Å². The Bertz CT molecular complexity index is 930. The van der Waals surface area contributed by atoms with Crippen LogP contribution in [0.3, 0.4) is 0 Å². The second kappa shape index (κ2) is 5.53. The molecule has 0 atom stereocenters. The molecule has 0 radical (unpaired) electrons. The Morgan fingerprint density at radius 1 is 0.957 bits per heavy atom. The topological polar surface area (TPSA) is 43.9 Å². The van der Waals surface area contributed by atoms with Gasteiger partial charge in [0.05, 0.1) is 12.0 Å². The third-order valence-electron chi connectivity index (χ3n) is 3.49. The van der Waals surface area contributed by atoms with Gasteiger partial charge < -0.3 is 8.98 Å². The zero-order chi connectivity index (χ0) is 15.6. The number of rotatable bonds is 3. The quantitative estimate of drug-likeness (QED) is 0.566. The third kappa shape index (κ3) is 2.64. The summed E-state index contributed by atoms with van der Waals surface area (Å²) in [5.41, 5.74) is 2.09. The van der Waals surface area contributed by atoms with Gasteiger partial charge in [-0.2, -0.15) is 0 Å². The van der Waals surface area contributed by atoms with E-state index in [0.29, 0.717) is 22.8 Å². The van der Waals surface area contributed by atoms with Gasteiger partial charge in [0.25, 0.3) is 0 Å². The van der Waals surface area contributed by atoms with Gasteiger partial charge in [0.2, 0.25) is 0 Å². The lowest BCUT2D eigenvalue weighted by Crippen LogP contribution is -1.92. The van der Waals surface area contributed by atoms with Crippen molar-refractivity contribution in [1.82, 2.24) is 14.5 Å². The second-order valence-corrected chi connectivity index (χ2v) is 5.05. The lowest BCUT2D eigenvalue weighted by atomic mass is 10.1. The Morgan fingerprint density at radius 2 is 1.87 bits per heavy atom. The van der Waals surface area contributed by atoms with Crippen molar-refractivity contribution >= 4 is 0 Å². The molecule has 5 heteroatoms. The highest BCUT2D eigenvalue weighted by Crippen LogP contribution is 2.29. The first-order chi connectivity index (χ1) is 11.3. The molecule has 0 aliphatic heterocycles. The van der Waals surface area contributed by atoms with Crippen LogP contribution in [0.15, 0.2) is 77.9 Å². The average Bonchev–Trinajstić information content (AvgIpc) is 3.27. The summed E-state index contributed by atoms with van der Waals surface area (Å²) < 4.78 is 21.5. The van der Waals surface area contributed by atoms with E-state index in [4.69, 9.17) is 4.42 Å². The predicted octanol–water partition coefficient (Wildman–Crippen LogP) is 4.33. The molecule has 0 aliphatic carbocycles. The lowest BCUT2D eigenvalue weighted by Gasteiger charge is -2.05. The van der Waals surface area contributed by atoms with Gasteiger partial charge in [-0.15, -0.1) is 0 Å². The van der Waals surface area contributed by atoms with Crippen LogP contribution in [-0.4, -0.2) is 14.5 Å². The Morgan fingerprint density at radius 3 is 2.65 bits per heavy atom. The average molecular weight is 305 g/mol. The lowest BCUT2D eigenvalue weighted by molar-refractivity contribution is 0.591. The third-order valence-corrected chi connectivity index (χ3v) is 3.49. The number of nitrogens with zero attached hydrogens (tertiary/aromatic N) is 3. The Hall–Kier alpha value is -3.21. The molecule has 112 valence electrons. The van der Waals surface area contributed by atoms with Crippen molar-refractivity contribution < 1.29 is 8.81 Å². The molecule has 0 fully saturated rings. The maximum atomic E-state index is 13.9. The van der Waals surface area contributed by atoms with Crippen LogP contribution in [-0.2, 0) is 0 Å². The van der Waals surface area contributed by atoms with E-state index in [1.54, 1.807) is 29.5 Å². The molecule has 0 saturated heterocycles. The first-order valence-corrected chi connectivity index (χ1v) is 7.10. The minimum Gasteiger partial charge on any atom is -0.454 e. The van der Waals surface area contributed by atoms with Crippen LogP contribution >= 0.6 is 0 Å². The summed E-state index contributed by atoms with van der Waals surface area (Å²) in [5, 5.41) is 0. The van der Waals surface area contributed by atoms with Crippen LogP contribution in [0.4, 0.5) is 4.39 Å². The van der Waals surface area contributed by atoms with Gasteiger partial charge >= 0.3 is 0 Å². The van der Waals surface area contributed by atoms with E-state index in [9.17, 15) is 4.39 Å². The smallest absolute Gasteiger partial charge is 0.153 e. The van der Waals surface area contributed by atoms with Gasteiger partial charge in [0.15, 0.2) is 5.76 Å². The molecule has 0 unspecified atom stereocenters. The maximum Gasteiger partial charge on any atom is 0.153 e. The molecule has 23 heavy (non-hydrogen) atoms. The standard InChI is InChI=1S/C18H12FN3O/c19-14-9-13(10-15(11-14)22-8-7-20-12-22)17-4-5-18(23-17)16-3-1-2-6-21-16/h1-12H. The van der Waals surface area contributed by atoms with Crippen molar-refractivity contribution in [3.8, 4) is 28.5 Å². The van der Waals surface area contributed by atoms with E-state index < -0.39 is 0 Å². The highest BCUT2D eigenvalue weighted by atomic mass is 19.1. The van der Waals surface area contributed by atoms with Crippen molar-refractivity contribution in [3.63, 3.8) is 0 Å². The second-order valence-electron chi connectivity index (χ2n) is 5.05. The number of aromatic nitrogens is 3. The number of halogens is 1. The molecule has 4 aromatic rings. The van der Waals surface area contributed by atoms with Crippen LogP contribution in [0.2, 0.25) is 0 Å². The Kier molecular flexibility index (Phi) is 3.24. The van der Waals surface area contributed by atoms with Crippen molar-refractivity contribution in [2.45, 2.75) is 0 Å². The number of pyridine rings is 1. The monoisotopic (exact) mass is 305 g/mol. The fourth-order valence-corrected chi connectivity index (χ4v) is 2.42. The van der Waals surface area contributed by atoms with Crippen LogP contribution in [0.5, 0.6) is 0 Å². The summed E-state index contributed by atoms with van der Waals surface area (Å²) >= 11 is 0. The zero-order valence-electron chi connectivity index (χ0n) is 12.1. The fourth-order valence-electron chi connectivity index (χ4n) is 2.42. The zero-order valence-corrected chi connectivity index (χ0v) is 12.1. The summed E-state index contributed by atoms with van der Waals surface area (Å²) in [7, 11) is 0. The molecular weight excluding hydrogens is 293 g/mol. The van der Waals surface area contributed by atoms with Gasteiger partial charge in [-0.25, -0.2) is 9.37 Å². The number of benzene rings is 1. The maximum absolute atomic E-state index is 13.9. The van der Waals surface area contributed by atoms with Crippen LogP contribution in [0, 0.1) is 5.82 Å². The first kappa shape index (κ1) is 13.5. The summed E-state index contributed by atoms with van der Waals surface area (Å²) in [6, 6.07) is 14.0. The molecule has 0 amide bonds. The molecule has 0 N–H and O–H groups in total. The van der Waals surface area contributed by atoms with Gasteiger partial charge in [-0.3, -0.25) is 4.98 Å². The van der Waals surface area contributed by atoms with E-state index >= 15 is 0 Å². The van der Waals surface area contributed by atoms with Crippen LogP contribution in [0.1, 0.15) is 0 Å². The molecular formula is C18H12FN3O. The number of hydrogen-bond acceptors (Lipinski definition) is 3. The summed E-state index contributed by atoms with van der Waals surface area (Å²) in [6.07, 6.45) is 6.74. The van der Waals surface area contributed by atoms with Gasteiger partial charge in [0, 0.05) is 24.2 Å². The molecule has 0 bridgehead atoms. The molecule has 0 spiro atoms. The molecule has 0 saturated carbocycles. The minimum atomic E-state index is -0.331. The molecule has 0 aliphatic rings. The summed E-state index contributed by atoms with van der Waals surface area (Å²) in [5.74, 6) is 0.905. The van der Waals surface area contributed by atoms with Crippen LogP contribution < -0.4 is 0 Å². The molecule has 3 aromatic heterocycles. The van der Waals surface area contributed by atoms with Gasteiger partial charge in [-0.1, -0.05) is 6.07 Å². The molecule has 1 aromatic carbocycles. The number of furan rings is 1. The fraction of sp³-hybridized carbons (Fsp3) is 0. The van der Waals surface area contributed by atoms with E-state index in [1.807, 2.05) is 36.4 Å². The number of imidazole rings is 1. The molecule has 4 rings (SSSR count). The minimum absolute atomic E-state index is 0.331. The highest BCUT2D eigenvalue weighted by molar-refractivity contribution is 5.65. The highest BCUT2D eigenvalue weighted by Gasteiger charge is 2.10. The Labute approximate surface area is 131 Å². The van der Waals surface area contributed by atoms with E-state index in [1.165, 1.54) is 12.1 Å². The van der Waals surface area contributed by atoms with Gasteiger partial charge in [0.1, 0.15) is 17.3 Å². The van der Waals surface area contributed by atoms with E-state index in [-0.39, 0.29) is 5.82 Å². The first-order valence-electron chi connectivity index (χ1n) is 7.10. The van der Waals surface area contributed by atoms with E-state index in [0.717, 1.165) is 5.69 Å². The normalized spacial score (nSPS) is 10.8. The summed E-state index contributed by atoms with van der Waals surface area (Å²) in [6.45, 7) is 0. The summed E-state index contributed by atoms with van der Waals surface area (Å²) in [4.78, 5) is 8.23. The van der Waals surface area contributed by atoms with Crippen LogP contribution in [0.25, 0.3) is 28.5 Å². The largest absolute Gasteiger partial charge is 0.454 e. The molecule has 4 nitrogen and oxygen atoms in total.